The molecule has 0 heterocycles. The summed E-state index contributed by atoms with van der Waals surface area (Å²) >= 11 is 6.02. The van der Waals surface area contributed by atoms with Gasteiger partial charge in [-0.25, -0.2) is 0 Å². The highest BCUT2D eigenvalue weighted by molar-refractivity contribution is 6.30. The highest BCUT2D eigenvalue weighted by Gasteiger charge is 2.35. The third kappa shape index (κ3) is 2.24. The van der Waals surface area contributed by atoms with Gasteiger partial charge in [-0.1, -0.05) is 23.7 Å². The predicted octanol–water partition coefficient (Wildman–Crippen LogP) is 2.47. The van der Waals surface area contributed by atoms with Gasteiger partial charge in [0.05, 0.1) is 6.10 Å². The molecule has 0 atom stereocenters. The summed E-state index contributed by atoms with van der Waals surface area (Å²) < 4.78 is 0. The zero-order chi connectivity index (χ0) is 11.6. The van der Waals surface area contributed by atoms with Crippen LogP contribution < -0.4 is 5.73 Å². The van der Waals surface area contributed by atoms with Crippen LogP contribution in [0.4, 0.5) is 0 Å². The molecule has 0 saturated heterocycles. The Bertz CT molecular complexity index is 359. The number of aliphatic hydroxyl groups excluding tert-OH is 1. The van der Waals surface area contributed by atoms with Crippen LogP contribution in [-0.2, 0) is 5.41 Å². The quantitative estimate of drug-likeness (QED) is 0.833. The summed E-state index contributed by atoms with van der Waals surface area (Å²) in [5.74, 6) is 0. The molecule has 0 radical (unpaired) electrons. The van der Waals surface area contributed by atoms with Crippen LogP contribution in [-0.4, -0.2) is 17.8 Å². The van der Waals surface area contributed by atoms with E-state index in [4.69, 9.17) is 17.3 Å². The fourth-order valence-corrected chi connectivity index (χ4v) is 2.77. The average Bonchev–Trinajstić information content (AvgIpc) is 2.31. The zero-order valence-electron chi connectivity index (χ0n) is 9.32. The van der Waals surface area contributed by atoms with Crippen LogP contribution >= 0.6 is 11.6 Å². The van der Waals surface area contributed by atoms with Crippen LogP contribution in [0.5, 0.6) is 0 Å². The van der Waals surface area contributed by atoms with Crippen molar-refractivity contribution in [3.8, 4) is 0 Å². The Balaban J connectivity index is 2.28. The lowest BCUT2D eigenvalue weighted by atomic mass is 9.69. The highest BCUT2D eigenvalue weighted by atomic mass is 35.5. The molecule has 16 heavy (non-hydrogen) atoms. The average molecular weight is 240 g/mol. The SMILES string of the molecule is NC[C@]1(c2cccc(Cl)c2)CC[C@@H](O)CC1. The second-order valence-corrected chi connectivity index (χ2v) is 5.16. The second kappa shape index (κ2) is 4.74. The zero-order valence-corrected chi connectivity index (χ0v) is 10.1. The fraction of sp³-hybridized carbons (Fsp3) is 0.538. The molecule has 0 bridgehead atoms. The number of hydrogen-bond donors (Lipinski definition) is 2. The molecule has 88 valence electrons. The number of halogens is 1. The van der Waals surface area contributed by atoms with E-state index in [9.17, 15) is 5.11 Å². The van der Waals surface area contributed by atoms with Crippen molar-refractivity contribution in [2.24, 2.45) is 5.73 Å². The lowest BCUT2D eigenvalue weighted by molar-refractivity contribution is 0.0975. The lowest BCUT2D eigenvalue weighted by Gasteiger charge is -2.38. The van der Waals surface area contributed by atoms with Crippen LogP contribution in [0.15, 0.2) is 24.3 Å². The summed E-state index contributed by atoms with van der Waals surface area (Å²) in [4.78, 5) is 0. The lowest BCUT2D eigenvalue weighted by Crippen LogP contribution is -2.40. The van der Waals surface area contributed by atoms with Crippen LogP contribution in [0.3, 0.4) is 0 Å². The van der Waals surface area contributed by atoms with E-state index in [-0.39, 0.29) is 11.5 Å². The molecule has 2 nitrogen and oxygen atoms in total. The van der Waals surface area contributed by atoms with E-state index in [0.29, 0.717) is 6.54 Å². The molecule has 3 heteroatoms. The van der Waals surface area contributed by atoms with Crippen molar-refractivity contribution < 1.29 is 5.11 Å². The van der Waals surface area contributed by atoms with Gasteiger partial charge in [-0.3, -0.25) is 0 Å². The molecule has 1 aromatic rings. The van der Waals surface area contributed by atoms with E-state index >= 15 is 0 Å². The van der Waals surface area contributed by atoms with Crippen LogP contribution in [0.25, 0.3) is 0 Å². The molecule has 2 rings (SSSR count). The van der Waals surface area contributed by atoms with Gasteiger partial charge in [0.2, 0.25) is 0 Å². The second-order valence-electron chi connectivity index (χ2n) is 4.73. The molecule has 0 aliphatic heterocycles. The Morgan fingerprint density at radius 1 is 1.38 bits per heavy atom. The number of hydrogen-bond acceptors (Lipinski definition) is 2. The van der Waals surface area contributed by atoms with Gasteiger partial charge in [-0.15, -0.1) is 0 Å². The Hall–Kier alpha value is -0.570. The largest absolute Gasteiger partial charge is 0.393 e. The third-order valence-corrected chi connectivity index (χ3v) is 3.98. The Morgan fingerprint density at radius 3 is 2.62 bits per heavy atom. The maximum Gasteiger partial charge on any atom is 0.0541 e. The fourth-order valence-electron chi connectivity index (χ4n) is 2.58. The van der Waals surface area contributed by atoms with Crippen molar-refractivity contribution in [1.82, 2.24) is 0 Å². The van der Waals surface area contributed by atoms with Gasteiger partial charge in [0, 0.05) is 17.0 Å². The van der Waals surface area contributed by atoms with Gasteiger partial charge >= 0.3 is 0 Å². The number of benzene rings is 1. The minimum absolute atomic E-state index is 0.0180. The first-order valence-electron chi connectivity index (χ1n) is 5.80. The van der Waals surface area contributed by atoms with Gasteiger partial charge in [0.1, 0.15) is 0 Å². The molecule has 3 N–H and O–H groups in total. The Kier molecular flexibility index (Phi) is 3.53. The minimum Gasteiger partial charge on any atom is -0.393 e. The van der Waals surface area contributed by atoms with Crippen LogP contribution in [0.2, 0.25) is 5.02 Å². The maximum absolute atomic E-state index is 9.57. The van der Waals surface area contributed by atoms with Gasteiger partial charge in [-0.05, 0) is 43.4 Å². The highest BCUT2D eigenvalue weighted by Crippen LogP contribution is 2.39. The minimum atomic E-state index is -0.154. The van der Waals surface area contributed by atoms with Crippen molar-refractivity contribution >= 4 is 11.6 Å². The summed E-state index contributed by atoms with van der Waals surface area (Å²) in [7, 11) is 0. The summed E-state index contributed by atoms with van der Waals surface area (Å²) in [6.45, 7) is 0.625. The van der Waals surface area contributed by atoms with Gasteiger partial charge in [-0.2, -0.15) is 0 Å². The predicted molar refractivity (Wildman–Crippen MR) is 66.7 cm³/mol. The topological polar surface area (TPSA) is 46.2 Å². The Morgan fingerprint density at radius 2 is 2.06 bits per heavy atom. The molecule has 0 spiro atoms. The summed E-state index contributed by atoms with van der Waals surface area (Å²) in [6.07, 6.45) is 3.42. The first-order chi connectivity index (χ1) is 7.66. The van der Waals surface area contributed by atoms with E-state index in [1.165, 1.54) is 5.56 Å². The molecule has 0 unspecified atom stereocenters. The molecule has 1 aliphatic carbocycles. The van der Waals surface area contributed by atoms with Crippen molar-refractivity contribution in [1.29, 1.82) is 0 Å². The van der Waals surface area contributed by atoms with Gasteiger partial charge in [0.25, 0.3) is 0 Å². The Labute approximate surface area is 101 Å². The van der Waals surface area contributed by atoms with Crippen LogP contribution in [0.1, 0.15) is 31.2 Å². The monoisotopic (exact) mass is 239 g/mol. The van der Waals surface area contributed by atoms with Crippen LogP contribution in [0, 0.1) is 0 Å². The smallest absolute Gasteiger partial charge is 0.0541 e. The summed E-state index contributed by atoms with van der Waals surface area (Å²) in [5, 5.41) is 10.3. The molecular formula is C13H18ClNO. The normalized spacial score (nSPS) is 30.3. The summed E-state index contributed by atoms with van der Waals surface area (Å²) in [6, 6.07) is 7.95. The molecule has 1 saturated carbocycles. The van der Waals surface area contributed by atoms with E-state index in [0.717, 1.165) is 30.7 Å². The first kappa shape index (κ1) is 11.9. The molecule has 1 aliphatic rings. The number of nitrogens with two attached hydrogens (primary N) is 1. The number of aliphatic hydroxyl groups is 1. The van der Waals surface area contributed by atoms with E-state index < -0.39 is 0 Å². The van der Waals surface area contributed by atoms with E-state index in [1.807, 2.05) is 18.2 Å². The van der Waals surface area contributed by atoms with Crippen molar-refractivity contribution in [2.75, 3.05) is 6.54 Å². The molecular weight excluding hydrogens is 222 g/mol. The van der Waals surface area contributed by atoms with Crippen molar-refractivity contribution in [3.63, 3.8) is 0 Å². The molecule has 1 fully saturated rings. The standard InChI is InChI=1S/C13H18ClNO/c14-11-3-1-2-10(8-11)13(9-15)6-4-12(16)5-7-13/h1-3,8,12,16H,4-7,9,15H2/t12-,13+. The number of rotatable bonds is 2. The van der Waals surface area contributed by atoms with Gasteiger partial charge in [0.15, 0.2) is 0 Å². The molecule has 1 aromatic carbocycles. The van der Waals surface area contributed by atoms with Crippen molar-refractivity contribution in [2.45, 2.75) is 37.2 Å². The third-order valence-electron chi connectivity index (χ3n) is 3.74. The molecule has 0 amide bonds. The summed E-state index contributed by atoms with van der Waals surface area (Å²) in [5.41, 5.74) is 7.18. The van der Waals surface area contributed by atoms with E-state index in [2.05, 4.69) is 6.07 Å². The maximum atomic E-state index is 9.57. The van der Waals surface area contributed by atoms with E-state index in [1.54, 1.807) is 0 Å². The van der Waals surface area contributed by atoms with Crippen molar-refractivity contribution in [3.05, 3.63) is 34.9 Å². The first-order valence-corrected chi connectivity index (χ1v) is 6.18. The van der Waals surface area contributed by atoms with Gasteiger partial charge < -0.3 is 10.8 Å². The molecule has 0 aromatic heterocycles.